The van der Waals surface area contributed by atoms with Crippen molar-refractivity contribution in [1.29, 1.82) is 0 Å². The number of aromatic nitrogens is 3. The number of nitrogens with zero attached hydrogens (tertiary/aromatic N) is 3. The van der Waals surface area contributed by atoms with Gasteiger partial charge in [0.2, 0.25) is 6.79 Å². The normalized spacial score (nSPS) is 12.5. The van der Waals surface area contributed by atoms with Crippen LogP contribution >= 0.6 is 0 Å². The van der Waals surface area contributed by atoms with E-state index in [9.17, 15) is 0 Å². The highest BCUT2D eigenvalue weighted by atomic mass is 16.7. The molecule has 1 aliphatic heterocycles. The van der Waals surface area contributed by atoms with E-state index in [0.717, 1.165) is 40.6 Å². The molecule has 122 valence electrons. The van der Waals surface area contributed by atoms with Gasteiger partial charge in [-0.05, 0) is 17.7 Å². The molecule has 3 aromatic rings. The molecule has 0 saturated heterocycles. The lowest BCUT2D eigenvalue weighted by atomic mass is 10.1. The summed E-state index contributed by atoms with van der Waals surface area (Å²) in [5.41, 5.74) is 4.07. The lowest BCUT2D eigenvalue weighted by Gasteiger charge is -2.05. The van der Waals surface area contributed by atoms with E-state index >= 15 is 0 Å². The minimum Gasteiger partial charge on any atom is -0.454 e. The first kappa shape index (κ1) is 14.7. The standard InChI is InChI=1S/C18H18N4O2/c1-22-20-15(18(21-22)14-5-3-2-4-6-14)11-19-10-13-7-8-16-17(9-13)24-12-23-16/h2-9,19H,10-12H2,1H3. The Hall–Kier alpha value is -2.86. The molecule has 0 atom stereocenters. The van der Waals surface area contributed by atoms with Crippen LogP contribution in [0.2, 0.25) is 0 Å². The summed E-state index contributed by atoms with van der Waals surface area (Å²) in [6.45, 7) is 1.67. The van der Waals surface area contributed by atoms with E-state index in [1.54, 1.807) is 4.80 Å². The maximum Gasteiger partial charge on any atom is 0.231 e. The van der Waals surface area contributed by atoms with Crippen LogP contribution in [0, 0.1) is 0 Å². The minimum atomic E-state index is 0.298. The number of hydrogen-bond acceptors (Lipinski definition) is 5. The van der Waals surface area contributed by atoms with Crippen molar-refractivity contribution in [3.63, 3.8) is 0 Å². The van der Waals surface area contributed by atoms with Gasteiger partial charge in [0, 0.05) is 25.7 Å². The van der Waals surface area contributed by atoms with Gasteiger partial charge in [0.15, 0.2) is 11.5 Å². The van der Waals surface area contributed by atoms with Gasteiger partial charge in [-0.2, -0.15) is 15.0 Å². The molecule has 0 fully saturated rings. The Balaban J connectivity index is 1.45. The molecule has 0 bridgehead atoms. The number of rotatable bonds is 5. The third kappa shape index (κ3) is 2.96. The lowest BCUT2D eigenvalue weighted by molar-refractivity contribution is 0.174. The van der Waals surface area contributed by atoms with Gasteiger partial charge < -0.3 is 14.8 Å². The Morgan fingerprint density at radius 1 is 1.00 bits per heavy atom. The Morgan fingerprint density at radius 3 is 2.71 bits per heavy atom. The van der Waals surface area contributed by atoms with Crippen molar-refractivity contribution in [2.45, 2.75) is 13.1 Å². The zero-order valence-corrected chi connectivity index (χ0v) is 13.4. The fourth-order valence-electron chi connectivity index (χ4n) is 2.76. The Kier molecular flexibility index (Phi) is 3.88. The Morgan fingerprint density at radius 2 is 1.83 bits per heavy atom. The van der Waals surface area contributed by atoms with E-state index < -0.39 is 0 Å². The first-order valence-corrected chi connectivity index (χ1v) is 7.84. The summed E-state index contributed by atoms with van der Waals surface area (Å²) < 4.78 is 10.7. The van der Waals surface area contributed by atoms with Crippen LogP contribution in [-0.4, -0.2) is 21.8 Å². The third-order valence-corrected chi connectivity index (χ3v) is 3.89. The van der Waals surface area contributed by atoms with Crippen LogP contribution in [-0.2, 0) is 20.1 Å². The zero-order chi connectivity index (χ0) is 16.4. The zero-order valence-electron chi connectivity index (χ0n) is 13.4. The fraction of sp³-hybridized carbons (Fsp3) is 0.222. The quantitative estimate of drug-likeness (QED) is 0.782. The van der Waals surface area contributed by atoms with E-state index in [1.165, 1.54) is 0 Å². The van der Waals surface area contributed by atoms with Crippen LogP contribution in [0.25, 0.3) is 11.3 Å². The number of nitrogens with one attached hydrogen (secondary N) is 1. The smallest absolute Gasteiger partial charge is 0.231 e. The number of benzene rings is 2. The molecule has 1 aliphatic rings. The van der Waals surface area contributed by atoms with Crippen LogP contribution in [0.5, 0.6) is 11.5 Å². The van der Waals surface area contributed by atoms with E-state index in [0.29, 0.717) is 13.3 Å². The predicted molar refractivity (Wildman–Crippen MR) is 89.5 cm³/mol. The molecule has 24 heavy (non-hydrogen) atoms. The van der Waals surface area contributed by atoms with Gasteiger partial charge in [-0.3, -0.25) is 0 Å². The van der Waals surface area contributed by atoms with Crippen molar-refractivity contribution in [1.82, 2.24) is 20.3 Å². The number of fused-ring (bicyclic) bond motifs is 1. The first-order chi connectivity index (χ1) is 11.8. The molecule has 0 unspecified atom stereocenters. The first-order valence-electron chi connectivity index (χ1n) is 7.84. The molecule has 6 nitrogen and oxygen atoms in total. The molecular weight excluding hydrogens is 304 g/mol. The van der Waals surface area contributed by atoms with E-state index in [-0.39, 0.29) is 0 Å². The van der Waals surface area contributed by atoms with Crippen LogP contribution in [0.15, 0.2) is 48.5 Å². The summed E-state index contributed by atoms with van der Waals surface area (Å²) in [7, 11) is 1.84. The van der Waals surface area contributed by atoms with Gasteiger partial charge >= 0.3 is 0 Å². The fourth-order valence-corrected chi connectivity index (χ4v) is 2.76. The van der Waals surface area contributed by atoms with E-state index in [2.05, 4.69) is 15.5 Å². The average Bonchev–Trinajstić information content (AvgIpc) is 3.21. The molecule has 6 heteroatoms. The van der Waals surface area contributed by atoms with Crippen molar-refractivity contribution >= 4 is 0 Å². The molecule has 1 N–H and O–H groups in total. The van der Waals surface area contributed by atoms with Crippen molar-refractivity contribution in [2.24, 2.45) is 7.05 Å². The number of ether oxygens (including phenoxy) is 2. The highest BCUT2D eigenvalue weighted by Gasteiger charge is 2.14. The van der Waals surface area contributed by atoms with E-state index in [4.69, 9.17) is 9.47 Å². The van der Waals surface area contributed by atoms with Gasteiger partial charge in [0.25, 0.3) is 0 Å². The second kappa shape index (κ2) is 6.33. The third-order valence-electron chi connectivity index (χ3n) is 3.89. The van der Waals surface area contributed by atoms with Gasteiger partial charge in [-0.25, -0.2) is 0 Å². The molecule has 1 aromatic heterocycles. The minimum absolute atomic E-state index is 0.298. The topological polar surface area (TPSA) is 61.2 Å². The maximum absolute atomic E-state index is 5.41. The largest absolute Gasteiger partial charge is 0.454 e. The molecule has 2 heterocycles. The van der Waals surface area contributed by atoms with Crippen molar-refractivity contribution in [2.75, 3.05) is 6.79 Å². The van der Waals surface area contributed by atoms with Crippen LogP contribution < -0.4 is 14.8 Å². The van der Waals surface area contributed by atoms with Gasteiger partial charge in [-0.1, -0.05) is 36.4 Å². The van der Waals surface area contributed by atoms with Crippen molar-refractivity contribution in [3.8, 4) is 22.8 Å². The monoisotopic (exact) mass is 322 g/mol. The molecule has 2 aromatic carbocycles. The number of aryl methyl sites for hydroxylation is 1. The summed E-state index contributed by atoms with van der Waals surface area (Å²) in [5, 5.41) is 12.4. The second-order valence-electron chi connectivity index (χ2n) is 5.64. The lowest BCUT2D eigenvalue weighted by Crippen LogP contribution is -2.13. The maximum atomic E-state index is 5.41. The summed E-state index contributed by atoms with van der Waals surface area (Å²) in [6.07, 6.45) is 0. The van der Waals surface area contributed by atoms with E-state index in [1.807, 2.05) is 55.6 Å². The van der Waals surface area contributed by atoms with Crippen molar-refractivity contribution < 1.29 is 9.47 Å². The molecule has 0 aliphatic carbocycles. The predicted octanol–water partition coefficient (Wildman–Crippen LogP) is 2.50. The molecule has 4 rings (SSSR count). The molecule has 0 spiro atoms. The summed E-state index contributed by atoms with van der Waals surface area (Å²) in [6, 6.07) is 16.1. The summed E-state index contributed by atoms with van der Waals surface area (Å²) in [5.74, 6) is 1.61. The average molecular weight is 322 g/mol. The molecule has 0 amide bonds. The van der Waals surface area contributed by atoms with Crippen LogP contribution in [0.4, 0.5) is 0 Å². The highest BCUT2D eigenvalue weighted by Crippen LogP contribution is 2.32. The van der Waals surface area contributed by atoms with Crippen LogP contribution in [0.3, 0.4) is 0 Å². The van der Waals surface area contributed by atoms with Crippen LogP contribution in [0.1, 0.15) is 11.3 Å². The Labute approximate surface area is 140 Å². The summed E-state index contributed by atoms with van der Waals surface area (Å²) in [4.78, 5) is 1.61. The Bertz CT molecular complexity index is 845. The van der Waals surface area contributed by atoms with Gasteiger partial charge in [0.05, 0.1) is 0 Å². The van der Waals surface area contributed by atoms with Crippen molar-refractivity contribution in [3.05, 3.63) is 59.8 Å². The number of hydrogen-bond donors (Lipinski definition) is 1. The SMILES string of the molecule is Cn1nc(CNCc2ccc3c(c2)OCO3)c(-c2ccccc2)n1. The molecule has 0 saturated carbocycles. The second-order valence-corrected chi connectivity index (χ2v) is 5.64. The molecule has 0 radical (unpaired) electrons. The molecular formula is C18H18N4O2. The van der Waals surface area contributed by atoms with Gasteiger partial charge in [0.1, 0.15) is 11.4 Å². The van der Waals surface area contributed by atoms with Gasteiger partial charge in [-0.15, -0.1) is 0 Å². The summed E-state index contributed by atoms with van der Waals surface area (Å²) >= 11 is 0. The highest BCUT2D eigenvalue weighted by molar-refractivity contribution is 5.60.